The van der Waals surface area contributed by atoms with Gasteiger partial charge in [0.15, 0.2) is 11.5 Å². The van der Waals surface area contributed by atoms with E-state index in [1.807, 2.05) is 18.2 Å². The molecule has 0 spiro atoms. The summed E-state index contributed by atoms with van der Waals surface area (Å²) in [7, 11) is -8.31. The standard InChI is InChI=1S/C42H78O20S2.2K/c1-42(2,3)39-8-9-40(61-34-32-59-30-28-57-26-24-55-22-20-53-18-16-51-14-12-49-10-4-6-36-63(43,44)45)41(38-39)62-35-33-60-31-29-58-27-25-56-23-21-54-19-17-52-15-13-50-11-5-7-37-64(46,47)48;;/h8-9,38H,4-7,10-37H2,1-3H3,(H,43,44,45)(H,46,47,48);;/q;2*+1/p-2. The summed E-state index contributed by atoms with van der Waals surface area (Å²) in [6.45, 7) is 17.2. The first kappa shape index (κ1) is 69.5. The second-order valence-corrected chi connectivity index (χ2v) is 17.9. The smallest absolute Gasteiger partial charge is 0.748 e. The zero-order valence-electron chi connectivity index (χ0n) is 40.3. The number of benzene rings is 1. The fourth-order valence-electron chi connectivity index (χ4n) is 5.00. The van der Waals surface area contributed by atoms with Crippen LogP contribution in [-0.2, 0) is 82.5 Å². The zero-order chi connectivity index (χ0) is 46.9. The molecular formula is C42H76K2O20S2. The Balaban J connectivity index is 0. The van der Waals surface area contributed by atoms with Crippen molar-refractivity contribution in [3.63, 3.8) is 0 Å². The van der Waals surface area contributed by atoms with Crippen LogP contribution in [0, 0.1) is 0 Å². The maximum absolute atomic E-state index is 10.5. The van der Waals surface area contributed by atoms with Crippen LogP contribution in [0.15, 0.2) is 18.2 Å². The molecule has 66 heavy (non-hydrogen) atoms. The molecule has 20 nitrogen and oxygen atoms in total. The van der Waals surface area contributed by atoms with Gasteiger partial charge in [0, 0.05) is 24.7 Å². The average molecular weight is 1040 g/mol. The van der Waals surface area contributed by atoms with Gasteiger partial charge in [-0.05, 0) is 48.8 Å². The summed E-state index contributed by atoms with van der Waals surface area (Å²) in [5, 5.41) is 0. The molecule has 0 aliphatic carbocycles. The van der Waals surface area contributed by atoms with E-state index >= 15 is 0 Å². The maximum atomic E-state index is 10.5. The van der Waals surface area contributed by atoms with Crippen molar-refractivity contribution in [2.24, 2.45) is 0 Å². The van der Waals surface area contributed by atoms with Gasteiger partial charge in [-0.25, -0.2) is 16.8 Å². The first-order valence-electron chi connectivity index (χ1n) is 22.0. The van der Waals surface area contributed by atoms with Crippen molar-refractivity contribution >= 4 is 20.2 Å². The molecule has 0 unspecified atom stereocenters. The maximum Gasteiger partial charge on any atom is 1.00 e. The molecule has 0 saturated heterocycles. The third-order valence-electron chi connectivity index (χ3n) is 8.37. The van der Waals surface area contributed by atoms with E-state index in [1.54, 1.807) is 0 Å². The molecule has 0 aromatic heterocycles. The number of hydrogen-bond acceptors (Lipinski definition) is 20. The van der Waals surface area contributed by atoms with Crippen LogP contribution in [0.4, 0.5) is 0 Å². The minimum atomic E-state index is -4.16. The van der Waals surface area contributed by atoms with Gasteiger partial charge in [-0.3, -0.25) is 0 Å². The third-order valence-corrected chi connectivity index (χ3v) is 9.94. The van der Waals surface area contributed by atoms with Crippen LogP contribution in [0.3, 0.4) is 0 Å². The molecular weight excluding hydrogens is 967 g/mol. The van der Waals surface area contributed by atoms with E-state index in [0.717, 1.165) is 5.56 Å². The van der Waals surface area contributed by atoms with Gasteiger partial charge in [0.05, 0.1) is 166 Å². The second kappa shape index (κ2) is 47.4. The average Bonchev–Trinajstić information content (AvgIpc) is 3.23. The molecule has 0 aliphatic heterocycles. The molecule has 0 N–H and O–H groups in total. The minimum Gasteiger partial charge on any atom is -0.748 e. The Morgan fingerprint density at radius 2 is 0.606 bits per heavy atom. The molecule has 0 saturated carbocycles. The van der Waals surface area contributed by atoms with Crippen LogP contribution in [0.25, 0.3) is 0 Å². The largest absolute Gasteiger partial charge is 1.00 e. The van der Waals surface area contributed by atoms with E-state index in [1.165, 1.54) is 0 Å². The summed E-state index contributed by atoms with van der Waals surface area (Å²) in [6, 6.07) is 5.95. The summed E-state index contributed by atoms with van der Waals surface area (Å²) in [5.74, 6) is 0.542. The Bertz CT molecular complexity index is 1440. The number of unbranched alkanes of at least 4 members (excludes halogenated alkanes) is 2. The minimum absolute atomic E-state index is 0. The molecule has 1 rings (SSSR count). The summed E-state index contributed by atoms with van der Waals surface area (Å²) in [5.41, 5.74) is 1.06. The van der Waals surface area contributed by atoms with Gasteiger partial charge >= 0.3 is 103 Å². The Morgan fingerprint density at radius 3 is 0.864 bits per heavy atom. The molecule has 0 radical (unpaired) electrons. The fourth-order valence-corrected chi connectivity index (χ4v) is 6.11. The molecule has 0 bridgehead atoms. The van der Waals surface area contributed by atoms with Gasteiger partial charge in [-0.1, -0.05) is 26.8 Å². The molecule has 378 valence electrons. The predicted molar refractivity (Wildman–Crippen MR) is 234 cm³/mol. The van der Waals surface area contributed by atoms with Crippen molar-refractivity contribution in [2.75, 3.05) is 183 Å². The van der Waals surface area contributed by atoms with Gasteiger partial charge in [0.1, 0.15) is 13.2 Å². The van der Waals surface area contributed by atoms with Crippen molar-refractivity contribution in [1.29, 1.82) is 0 Å². The van der Waals surface area contributed by atoms with E-state index in [-0.39, 0.29) is 120 Å². The van der Waals surface area contributed by atoms with Crippen LogP contribution >= 0.6 is 0 Å². The quantitative estimate of drug-likeness (QED) is 0.0351. The molecule has 24 heteroatoms. The first-order valence-corrected chi connectivity index (χ1v) is 25.1. The molecule has 0 heterocycles. The van der Waals surface area contributed by atoms with Crippen molar-refractivity contribution < 1.29 is 195 Å². The summed E-state index contributed by atoms with van der Waals surface area (Å²) in [4.78, 5) is 0. The normalized spacial score (nSPS) is 12.0. The summed E-state index contributed by atoms with van der Waals surface area (Å²) < 4.78 is 141. The van der Waals surface area contributed by atoms with Crippen LogP contribution < -0.4 is 112 Å². The fraction of sp³-hybridized carbons (Fsp3) is 0.857. The van der Waals surface area contributed by atoms with E-state index in [0.29, 0.717) is 209 Å². The number of hydrogen-bond donors (Lipinski definition) is 0. The second-order valence-electron chi connectivity index (χ2n) is 14.9. The molecule has 1 aromatic rings. The monoisotopic (exact) mass is 1040 g/mol. The molecule has 0 aliphatic rings. The Hall–Kier alpha value is 1.43. The van der Waals surface area contributed by atoms with Crippen molar-refractivity contribution in [2.45, 2.75) is 51.9 Å². The summed E-state index contributed by atoms with van der Waals surface area (Å²) >= 11 is 0. The Labute approximate surface area is 479 Å². The van der Waals surface area contributed by atoms with Crippen LogP contribution in [0.2, 0.25) is 0 Å². The van der Waals surface area contributed by atoms with E-state index in [9.17, 15) is 25.9 Å². The van der Waals surface area contributed by atoms with E-state index < -0.39 is 20.2 Å². The Morgan fingerprint density at radius 1 is 0.364 bits per heavy atom. The van der Waals surface area contributed by atoms with Gasteiger partial charge in [-0.15, -0.1) is 0 Å². The molecule has 0 amide bonds. The topological polar surface area (TPSA) is 244 Å². The molecule has 1 aromatic carbocycles. The van der Waals surface area contributed by atoms with Gasteiger partial charge in [-0.2, -0.15) is 0 Å². The van der Waals surface area contributed by atoms with Gasteiger partial charge in [0.25, 0.3) is 0 Å². The van der Waals surface area contributed by atoms with Crippen molar-refractivity contribution in [3.8, 4) is 11.5 Å². The van der Waals surface area contributed by atoms with E-state index in [4.69, 9.17) is 66.3 Å². The van der Waals surface area contributed by atoms with Gasteiger partial charge < -0.3 is 75.4 Å². The Kier molecular flexibility index (Phi) is 50.0. The zero-order valence-corrected chi connectivity index (χ0v) is 48.2. The number of rotatable bonds is 48. The van der Waals surface area contributed by atoms with Crippen LogP contribution in [0.1, 0.15) is 52.0 Å². The molecule has 0 atom stereocenters. The first-order chi connectivity index (χ1) is 30.8. The number of ether oxygens (including phenoxy) is 14. The summed E-state index contributed by atoms with van der Waals surface area (Å²) in [6.07, 6.45) is 1.62. The van der Waals surface area contributed by atoms with Crippen LogP contribution in [-0.4, -0.2) is 209 Å². The SMILES string of the molecule is CC(C)(C)c1ccc(OCCOCCOCCOCCOCCOCCOCCCCS(=O)(=O)[O-])c(OCCOCCOCCOCCOCCOCCOCCCCS(=O)(=O)[O-])c1.[K+].[K+]. The predicted octanol–water partition coefficient (Wildman–Crippen LogP) is -3.40. The van der Waals surface area contributed by atoms with Crippen LogP contribution in [0.5, 0.6) is 11.5 Å². The van der Waals surface area contributed by atoms with E-state index in [2.05, 4.69) is 20.8 Å². The van der Waals surface area contributed by atoms with Crippen molar-refractivity contribution in [1.82, 2.24) is 0 Å². The third kappa shape index (κ3) is 49.0. The van der Waals surface area contributed by atoms with Gasteiger partial charge in [0.2, 0.25) is 0 Å². The molecule has 0 fully saturated rings. The van der Waals surface area contributed by atoms with Crippen molar-refractivity contribution in [3.05, 3.63) is 23.8 Å².